The van der Waals surface area contributed by atoms with Crippen LogP contribution in [0.15, 0.2) is 48.5 Å². The molecular weight excluding hydrogens is 424 g/mol. The Labute approximate surface area is 184 Å². The molecule has 0 atom stereocenters. The van der Waals surface area contributed by atoms with E-state index in [4.69, 9.17) is 28.6 Å². The first-order valence-electron chi connectivity index (χ1n) is 9.10. The van der Waals surface area contributed by atoms with Crippen LogP contribution in [0.3, 0.4) is 0 Å². The molecule has 3 aromatic rings. The number of nitrogens with one attached hydrogen (secondary N) is 2. The molecule has 0 unspecified atom stereocenters. The molecule has 3 rings (SSSR count). The fraction of sp³-hybridized carbons (Fsp3) is 0.182. The lowest BCUT2D eigenvalue weighted by Crippen LogP contribution is -2.20. The standard InChI is InChI=1S/C22H21ClN2O2S2/c1-4-27-21(26)19-18(15-8-6-5-7-9-15)14(3)29-20(19)25-22(28)24-16-11-10-13(2)17(23)12-16/h5-12H,4H2,1-3H3,(H2,24,25,28). The molecule has 0 aliphatic heterocycles. The van der Waals surface area contributed by atoms with Gasteiger partial charge in [-0.1, -0.05) is 48.0 Å². The number of hydrogen-bond acceptors (Lipinski definition) is 4. The van der Waals surface area contributed by atoms with E-state index in [0.717, 1.165) is 27.3 Å². The van der Waals surface area contributed by atoms with E-state index in [1.165, 1.54) is 11.3 Å². The Morgan fingerprint density at radius 3 is 2.52 bits per heavy atom. The van der Waals surface area contributed by atoms with Crippen LogP contribution in [0.1, 0.15) is 27.7 Å². The van der Waals surface area contributed by atoms with Crippen LogP contribution in [0.25, 0.3) is 11.1 Å². The maximum Gasteiger partial charge on any atom is 0.341 e. The molecule has 1 heterocycles. The van der Waals surface area contributed by atoms with Crippen molar-refractivity contribution in [2.24, 2.45) is 0 Å². The number of anilines is 2. The van der Waals surface area contributed by atoms with Crippen LogP contribution in [-0.4, -0.2) is 17.7 Å². The third kappa shape index (κ3) is 4.96. The molecule has 150 valence electrons. The van der Waals surface area contributed by atoms with Gasteiger partial charge >= 0.3 is 5.97 Å². The van der Waals surface area contributed by atoms with Crippen molar-refractivity contribution in [3.05, 3.63) is 69.6 Å². The summed E-state index contributed by atoms with van der Waals surface area (Å²) < 4.78 is 5.32. The number of thiocarbonyl (C=S) groups is 1. The second-order valence-corrected chi connectivity index (χ2v) is 8.41. The fourth-order valence-corrected chi connectivity index (χ4v) is 4.45. The zero-order valence-electron chi connectivity index (χ0n) is 16.3. The van der Waals surface area contributed by atoms with E-state index in [-0.39, 0.29) is 5.97 Å². The number of benzene rings is 2. The van der Waals surface area contributed by atoms with Crippen molar-refractivity contribution in [3.8, 4) is 11.1 Å². The molecule has 0 aliphatic carbocycles. The van der Waals surface area contributed by atoms with Crippen molar-refractivity contribution in [2.45, 2.75) is 20.8 Å². The first-order chi connectivity index (χ1) is 13.9. The Bertz CT molecular complexity index is 1050. The molecule has 2 aromatic carbocycles. The first kappa shape index (κ1) is 21.3. The van der Waals surface area contributed by atoms with Crippen molar-refractivity contribution in [1.29, 1.82) is 0 Å². The maximum absolute atomic E-state index is 12.8. The number of halogens is 1. The normalized spacial score (nSPS) is 10.5. The molecule has 2 N–H and O–H groups in total. The third-order valence-electron chi connectivity index (χ3n) is 4.28. The van der Waals surface area contributed by atoms with Crippen LogP contribution in [0.4, 0.5) is 10.7 Å². The van der Waals surface area contributed by atoms with Crippen molar-refractivity contribution < 1.29 is 9.53 Å². The largest absolute Gasteiger partial charge is 0.462 e. The van der Waals surface area contributed by atoms with E-state index in [1.807, 2.05) is 62.4 Å². The van der Waals surface area contributed by atoms with Gasteiger partial charge in [0.2, 0.25) is 0 Å². The van der Waals surface area contributed by atoms with Crippen molar-refractivity contribution in [2.75, 3.05) is 17.2 Å². The van der Waals surface area contributed by atoms with Gasteiger partial charge in [0.25, 0.3) is 0 Å². The number of carbonyl (C=O) groups excluding carboxylic acids is 1. The van der Waals surface area contributed by atoms with Gasteiger partial charge in [-0.05, 0) is 56.2 Å². The lowest BCUT2D eigenvalue weighted by atomic mass is 10.0. The van der Waals surface area contributed by atoms with Crippen LogP contribution in [0, 0.1) is 13.8 Å². The molecule has 29 heavy (non-hydrogen) atoms. The van der Waals surface area contributed by atoms with E-state index >= 15 is 0 Å². The summed E-state index contributed by atoms with van der Waals surface area (Å²) in [4.78, 5) is 13.8. The van der Waals surface area contributed by atoms with Crippen LogP contribution in [0.5, 0.6) is 0 Å². The number of thiophene rings is 1. The predicted octanol–water partition coefficient (Wildman–Crippen LogP) is 6.67. The van der Waals surface area contributed by atoms with Crippen molar-refractivity contribution >= 4 is 56.9 Å². The van der Waals surface area contributed by atoms with Gasteiger partial charge in [0.1, 0.15) is 10.6 Å². The highest BCUT2D eigenvalue weighted by atomic mass is 35.5. The smallest absolute Gasteiger partial charge is 0.341 e. The van der Waals surface area contributed by atoms with Crippen LogP contribution in [-0.2, 0) is 4.74 Å². The first-order valence-corrected chi connectivity index (χ1v) is 10.7. The van der Waals surface area contributed by atoms with Gasteiger partial charge in [0, 0.05) is 21.2 Å². The Morgan fingerprint density at radius 2 is 1.86 bits per heavy atom. The second-order valence-electron chi connectivity index (χ2n) is 6.37. The molecule has 0 saturated heterocycles. The minimum absolute atomic E-state index is 0.298. The second kappa shape index (κ2) is 9.39. The number of hydrogen-bond donors (Lipinski definition) is 2. The van der Waals surface area contributed by atoms with Crippen LogP contribution < -0.4 is 10.6 Å². The van der Waals surface area contributed by atoms with E-state index < -0.39 is 0 Å². The summed E-state index contributed by atoms with van der Waals surface area (Å²) in [6.07, 6.45) is 0. The highest BCUT2D eigenvalue weighted by molar-refractivity contribution is 7.80. The number of aryl methyl sites for hydroxylation is 2. The lowest BCUT2D eigenvalue weighted by molar-refractivity contribution is 0.0529. The highest BCUT2D eigenvalue weighted by Crippen LogP contribution is 2.40. The highest BCUT2D eigenvalue weighted by Gasteiger charge is 2.24. The van der Waals surface area contributed by atoms with Gasteiger partial charge in [-0.2, -0.15) is 0 Å². The van der Waals surface area contributed by atoms with Crippen molar-refractivity contribution in [3.63, 3.8) is 0 Å². The van der Waals surface area contributed by atoms with Gasteiger partial charge in [0.05, 0.1) is 6.61 Å². The Balaban J connectivity index is 1.93. The van der Waals surface area contributed by atoms with Gasteiger partial charge in [-0.15, -0.1) is 11.3 Å². The van der Waals surface area contributed by atoms with Gasteiger partial charge in [0.15, 0.2) is 5.11 Å². The lowest BCUT2D eigenvalue weighted by Gasteiger charge is -2.12. The average Bonchev–Trinajstić information content (AvgIpc) is 3.01. The van der Waals surface area contributed by atoms with Gasteiger partial charge in [-0.3, -0.25) is 0 Å². The number of rotatable bonds is 5. The SMILES string of the molecule is CCOC(=O)c1c(NC(=S)Nc2ccc(C)c(Cl)c2)sc(C)c1-c1ccccc1. The molecule has 0 radical (unpaired) electrons. The Hall–Kier alpha value is -2.41. The molecule has 4 nitrogen and oxygen atoms in total. The number of ether oxygens (including phenoxy) is 1. The minimum atomic E-state index is -0.376. The topological polar surface area (TPSA) is 50.4 Å². The van der Waals surface area contributed by atoms with Gasteiger partial charge in [-0.25, -0.2) is 4.79 Å². The summed E-state index contributed by atoms with van der Waals surface area (Å²) in [5.74, 6) is -0.376. The maximum atomic E-state index is 12.8. The summed E-state index contributed by atoms with van der Waals surface area (Å²) >= 11 is 13.1. The van der Waals surface area contributed by atoms with Gasteiger partial charge < -0.3 is 15.4 Å². The zero-order chi connectivity index (χ0) is 21.0. The summed E-state index contributed by atoms with van der Waals surface area (Å²) in [5, 5.41) is 7.95. The molecule has 0 spiro atoms. The molecular formula is C22H21ClN2O2S2. The summed E-state index contributed by atoms with van der Waals surface area (Å²) in [5.41, 5.74) is 4.07. The van der Waals surface area contributed by atoms with E-state index in [1.54, 1.807) is 6.92 Å². The number of esters is 1. The van der Waals surface area contributed by atoms with Crippen LogP contribution >= 0.6 is 35.2 Å². The summed E-state index contributed by atoms with van der Waals surface area (Å²) in [6.45, 7) is 6.01. The molecule has 0 bridgehead atoms. The monoisotopic (exact) mass is 444 g/mol. The molecule has 0 fully saturated rings. The van der Waals surface area contributed by atoms with E-state index in [2.05, 4.69) is 10.6 Å². The molecule has 1 aromatic heterocycles. The molecule has 0 amide bonds. The molecule has 0 saturated carbocycles. The Morgan fingerprint density at radius 1 is 1.14 bits per heavy atom. The Kier molecular flexibility index (Phi) is 6.90. The zero-order valence-corrected chi connectivity index (χ0v) is 18.7. The summed E-state index contributed by atoms with van der Waals surface area (Å²) in [6, 6.07) is 15.4. The predicted molar refractivity (Wildman–Crippen MR) is 126 cm³/mol. The van der Waals surface area contributed by atoms with E-state index in [0.29, 0.717) is 27.3 Å². The van der Waals surface area contributed by atoms with Crippen molar-refractivity contribution in [1.82, 2.24) is 0 Å². The number of carbonyl (C=O) groups is 1. The third-order valence-corrected chi connectivity index (χ3v) is 5.92. The van der Waals surface area contributed by atoms with Crippen LogP contribution in [0.2, 0.25) is 5.02 Å². The summed E-state index contributed by atoms with van der Waals surface area (Å²) in [7, 11) is 0. The minimum Gasteiger partial charge on any atom is -0.462 e. The quantitative estimate of drug-likeness (QED) is 0.340. The molecule has 7 heteroatoms. The average molecular weight is 445 g/mol. The van der Waals surface area contributed by atoms with E-state index in [9.17, 15) is 4.79 Å². The fourth-order valence-electron chi connectivity index (χ4n) is 2.92. The molecule has 0 aliphatic rings.